The fourth-order valence-corrected chi connectivity index (χ4v) is 4.67. The minimum absolute atomic E-state index is 0.0957. The fourth-order valence-electron chi connectivity index (χ4n) is 4.67. The Hall–Kier alpha value is -3.44. The molecule has 0 aliphatic carbocycles. The van der Waals surface area contributed by atoms with E-state index in [0.29, 0.717) is 12.8 Å². The minimum Gasteiger partial charge on any atom is -0.462 e. The average Bonchev–Trinajstić information content (AvgIpc) is 3.12. The zero-order valence-corrected chi connectivity index (χ0v) is 31.6. The van der Waals surface area contributed by atoms with E-state index in [4.69, 9.17) is 9.47 Å². The monoisotopic (exact) mass is 691 g/mol. The third-order valence-corrected chi connectivity index (χ3v) is 7.58. The number of hydrogen-bond acceptors (Lipinski definition) is 5. The van der Waals surface area contributed by atoms with E-state index in [9.17, 15) is 14.7 Å². The van der Waals surface area contributed by atoms with Gasteiger partial charge in [0.2, 0.25) is 0 Å². The largest absolute Gasteiger partial charge is 0.462 e. The van der Waals surface area contributed by atoms with E-state index in [-0.39, 0.29) is 31.6 Å². The molecular weight excluding hydrogens is 620 g/mol. The Morgan fingerprint density at radius 3 is 1.28 bits per heavy atom. The first-order valence-electron chi connectivity index (χ1n) is 19.4. The van der Waals surface area contributed by atoms with E-state index in [0.717, 1.165) is 83.5 Å². The summed E-state index contributed by atoms with van der Waals surface area (Å²) in [6.07, 6.45) is 57.5. The molecule has 0 spiro atoms. The highest BCUT2D eigenvalue weighted by Gasteiger charge is 2.15. The predicted molar refractivity (Wildman–Crippen MR) is 214 cm³/mol. The van der Waals surface area contributed by atoms with Crippen LogP contribution in [0.5, 0.6) is 0 Å². The number of hydrogen-bond donors (Lipinski definition) is 1. The fraction of sp³-hybridized carbons (Fsp3) is 0.556. The second-order valence-corrected chi connectivity index (χ2v) is 12.3. The minimum atomic E-state index is -0.805. The van der Waals surface area contributed by atoms with Gasteiger partial charge in [-0.15, -0.1) is 0 Å². The molecule has 5 heteroatoms. The van der Waals surface area contributed by atoms with E-state index in [1.165, 1.54) is 25.7 Å². The molecule has 0 amide bonds. The van der Waals surface area contributed by atoms with Crippen LogP contribution in [0, 0.1) is 0 Å². The molecule has 1 N–H and O–H groups in total. The smallest absolute Gasteiger partial charge is 0.306 e. The van der Waals surface area contributed by atoms with E-state index >= 15 is 0 Å². The highest BCUT2D eigenvalue weighted by molar-refractivity contribution is 5.70. The van der Waals surface area contributed by atoms with E-state index in [2.05, 4.69) is 123 Å². The summed E-state index contributed by atoms with van der Waals surface area (Å²) in [5, 5.41) is 9.49. The van der Waals surface area contributed by atoms with Gasteiger partial charge in [-0.1, -0.05) is 162 Å². The Morgan fingerprint density at radius 2 is 0.860 bits per heavy atom. The van der Waals surface area contributed by atoms with Crippen LogP contribution >= 0.6 is 0 Å². The van der Waals surface area contributed by atoms with Gasteiger partial charge in [-0.25, -0.2) is 0 Å². The summed E-state index contributed by atoms with van der Waals surface area (Å²) in [6, 6.07) is 0. The van der Waals surface area contributed by atoms with Crippen molar-refractivity contribution in [2.24, 2.45) is 0 Å². The van der Waals surface area contributed by atoms with Gasteiger partial charge < -0.3 is 14.6 Å². The number of carbonyl (C=O) groups excluding carboxylic acids is 2. The molecule has 1 atom stereocenters. The molecule has 0 aromatic carbocycles. The van der Waals surface area contributed by atoms with Crippen LogP contribution in [0.15, 0.2) is 109 Å². The molecular formula is C45H70O5. The zero-order chi connectivity index (χ0) is 36.4. The summed E-state index contributed by atoms with van der Waals surface area (Å²) in [4.78, 5) is 24.0. The molecule has 0 aliphatic heterocycles. The van der Waals surface area contributed by atoms with Crippen LogP contribution < -0.4 is 0 Å². The number of allylic oxidation sites excluding steroid dienone is 18. The number of rotatable bonds is 33. The van der Waals surface area contributed by atoms with Crippen LogP contribution in [0.3, 0.4) is 0 Å². The maximum atomic E-state index is 12.1. The standard InChI is InChI=1S/C45H70O5/c1-3-5-7-9-11-12-13-14-15-16-17-18-19-20-21-22-23-24-25-26-27-28-29-30-31-32-34-36-38-40-45(48)50-43(41-46)42-49-44(47)39-37-35-33-10-8-6-4-2/h5,7,11-12,14-15,17-18,20-21,23-24,26-27,29-30,32,34,43,46H,3-4,6,8-10,13,16,19,22,25,28,31,33,35-42H2,1-2H3/b7-5-,12-11-,15-14-,18-17-,21-20-,24-23-,27-26-,30-29-,34-32-. The van der Waals surface area contributed by atoms with Crippen molar-refractivity contribution in [2.75, 3.05) is 13.2 Å². The molecule has 50 heavy (non-hydrogen) atoms. The van der Waals surface area contributed by atoms with Gasteiger partial charge >= 0.3 is 11.9 Å². The second-order valence-electron chi connectivity index (χ2n) is 12.3. The highest BCUT2D eigenvalue weighted by Crippen LogP contribution is 2.10. The van der Waals surface area contributed by atoms with Crippen LogP contribution in [0.25, 0.3) is 0 Å². The van der Waals surface area contributed by atoms with Crippen molar-refractivity contribution in [2.45, 2.75) is 148 Å². The summed E-state index contributed by atoms with van der Waals surface area (Å²) in [5.74, 6) is -0.680. The summed E-state index contributed by atoms with van der Waals surface area (Å²) in [6.45, 7) is 3.90. The number of aliphatic hydroxyl groups excluding tert-OH is 1. The maximum Gasteiger partial charge on any atom is 0.306 e. The molecule has 0 fully saturated rings. The molecule has 0 radical (unpaired) electrons. The molecule has 0 bridgehead atoms. The third-order valence-electron chi connectivity index (χ3n) is 7.58. The van der Waals surface area contributed by atoms with Crippen molar-refractivity contribution in [1.82, 2.24) is 0 Å². The van der Waals surface area contributed by atoms with Crippen molar-refractivity contribution in [1.29, 1.82) is 0 Å². The summed E-state index contributed by atoms with van der Waals surface area (Å²) in [7, 11) is 0. The van der Waals surface area contributed by atoms with Gasteiger partial charge in [0, 0.05) is 12.8 Å². The number of unbranched alkanes of at least 4 members (excludes halogenated alkanes) is 7. The van der Waals surface area contributed by atoms with Gasteiger partial charge in [-0.3, -0.25) is 9.59 Å². The quantitative estimate of drug-likeness (QED) is 0.0421. The van der Waals surface area contributed by atoms with Crippen molar-refractivity contribution < 1.29 is 24.2 Å². The SMILES string of the molecule is CC/C=C\C/C=C\C/C=C\C/C=C\C/C=C\C/C=C\C/C=C\C/C=C\C/C=C\CCCC(=O)OC(CO)COC(=O)CCCCCCCCC. The van der Waals surface area contributed by atoms with Crippen LogP contribution in [0.4, 0.5) is 0 Å². The number of ether oxygens (including phenoxy) is 2. The number of aliphatic hydroxyl groups is 1. The van der Waals surface area contributed by atoms with Crippen molar-refractivity contribution in [3.8, 4) is 0 Å². The Balaban J connectivity index is 3.75. The number of esters is 2. The molecule has 0 aromatic heterocycles. The molecule has 0 aliphatic rings. The summed E-state index contributed by atoms with van der Waals surface area (Å²) in [5.41, 5.74) is 0. The van der Waals surface area contributed by atoms with Crippen molar-refractivity contribution >= 4 is 11.9 Å². The predicted octanol–water partition coefficient (Wildman–Crippen LogP) is 12.3. The normalized spacial score (nSPS) is 13.4. The van der Waals surface area contributed by atoms with Gasteiger partial charge in [0.25, 0.3) is 0 Å². The van der Waals surface area contributed by atoms with Crippen LogP contribution in [0.2, 0.25) is 0 Å². The van der Waals surface area contributed by atoms with Gasteiger partial charge in [-0.05, 0) is 77.0 Å². The Labute approximate surface area is 306 Å². The molecule has 0 rings (SSSR count). The van der Waals surface area contributed by atoms with Gasteiger partial charge in [-0.2, -0.15) is 0 Å². The first kappa shape index (κ1) is 46.6. The Bertz CT molecular complexity index is 1050. The van der Waals surface area contributed by atoms with Gasteiger partial charge in [0.15, 0.2) is 6.10 Å². The van der Waals surface area contributed by atoms with E-state index < -0.39 is 6.10 Å². The molecule has 1 unspecified atom stereocenters. The van der Waals surface area contributed by atoms with Crippen molar-refractivity contribution in [3.63, 3.8) is 0 Å². The molecule has 0 saturated carbocycles. The first-order chi connectivity index (χ1) is 24.6. The zero-order valence-electron chi connectivity index (χ0n) is 31.6. The molecule has 0 aromatic rings. The van der Waals surface area contributed by atoms with E-state index in [1.807, 2.05) is 0 Å². The van der Waals surface area contributed by atoms with E-state index in [1.54, 1.807) is 0 Å². The lowest BCUT2D eigenvalue weighted by molar-refractivity contribution is -0.161. The highest BCUT2D eigenvalue weighted by atomic mass is 16.6. The number of carbonyl (C=O) groups is 2. The van der Waals surface area contributed by atoms with Crippen LogP contribution in [0.1, 0.15) is 142 Å². The Morgan fingerprint density at radius 1 is 0.480 bits per heavy atom. The lowest BCUT2D eigenvalue weighted by Crippen LogP contribution is -2.28. The van der Waals surface area contributed by atoms with Gasteiger partial charge in [0.05, 0.1) is 6.61 Å². The second kappa shape index (κ2) is 40.0. The lowest BCUT2D eigenvalue weighted by atomic mass is 10.1. The maximum absolute atomic E-state index is 12.1. The average molecular weight is 691 g/mol. The lowest BCUT2D eigenvalue weighted by Gasteiger charge is -2.15. The van der Waals surface area contributed by atoms with Crippen molar-refractivity contribution in [3.05, 3.63) is 109 Å². The molecule has 5 nitrogen and oxygen atoms in total. The topological polar surface area (TPSA) is 72.8 Å². The van der Waals surface area contributed by atoms with Crippen LogP contribution in [-0.4, -0.2) is 36.4 Å². The summed E-state index contributed by atoms with van der Waals surface area (Å²) >= 11 is 0. The molecule has 0 heterocycles. The van der Waals surface area contributed by atoms with Crippen LogP contribution in [-0.2, 0) is 19.1 Å². The molecule has 0 saturated heterocycles. The summed E-state index contributed by atoms with van der Waals surface area (Å²) < 4.78 is 10.5. The Kier molecular flexibility index (Phi) is 37.2. The van der Waals surface area contributed by atoms with Gasteiger partial charge in [0.1, 0.15) is 6.61 Å². The first-order valence-corrected chi connectivity index (χ1v) is 19.4. The molecule has 280 valence electrons. The third kappa shape index (κ3) is 37.4.